The van der Waals surface area contributed by atoms with Crippen LogP contribution in [0.2, 0.25) is 0 Å². The number of hydrogen-bond acceptors (Lipinski definition) is 4. The van der Waals surface area contributed by atoms with Gasteiger partial charge in [0, 0.05) is 32.4 Å². The molecule has 2 aliphatic heterocycles. The Morgan fingerprint density at radius 3 is 2.68 bits per heavy atom. The summed E-state index contributed by atoms with van der Waals surface area (Å²) >= 11 is 0. The SMILES string of the molecule is C[C@@H]1CN(C(=O)[C@H]2CCCN(c3ccccn3)C2)C[C@@H](C)O1. The molecule has 3 rings (SSSR count). The Morgan fingerprint density at radius 2 is 2.00 bits per heavy atom. The molecule has 2 fully saturated rings. The molecule has 2 aliphatic rings. The van der Waals surface area contributed by atoms with E-state index in [1.54, 1.807) is 0 Å². The summed E-state index contributed by atoms with van der Waals surface area (Å²) in [4.78, 5) is 21.5. The van der Waals surface area contributed by atoms with Crippen LogP contribution in [0, 0.1) is 5.92 Å². The highest BCUT2D eigenvalue weighted by atomic mass is 16.5. The minimum Gasteiger partial charge on any atom is -0.372 e. The number of anilines is 1. The van der Waals surface area contributed by atoms with Gasteiger partial charge in [0.2, 0.25) is 5.91 Å². The molecule has 22 heavy (non-hydrogen) atoms. The highest BCUT2D eigenvalue weighted by molar-refractivity contribution is 5.80. The van der Waals surface area contributed by atoms with E-state index in [2.05, 4.69) is 9.88 Å². The van der Waals surface area contributed by atoms with E-state index in [0.717, 1.165) is 31.7 Å². The Bertz CT molecular complexity index is 498. The molecule has 0 unspecified atom stereocenters. The van der Waals surface area contributed by atoms with Crippen molar-refractivity contribution in [3.05, 3.63) is 24.4 Å². The van der Waals surface area contributed by atoms with Gasteiger partial charge in [0.15, 0.2) is 0 Å². The van der Waals surface area contributed by atoms with Gasteiger partial charge in [0.1, 0.15) is 5.82 Å². The molecule has 3 atom stereocenters. The number of amides is 1. The van der Waals surface area contributed by atoms with Crippen LogP contribution in [0.15, 0.2) is 24.4 Å². The lowest BCUT2D eigenvalue weighted by molar-refractivity contribution is -0.147. The lowest BCUT2D eigenvalue weighted by Crippen LogP contribution is -2.52. The fourth-order valence-corrected chi connectivity index (χ4v) is 3.54. The molecule has 0 aromatic carbocycles. The van der Waals surface area contributed by atoms with E-state index in [9.17, 15) is 4.79 Å². The van der Waals surface area contributed by atoms with Gasteiger partial charge in [-0.1, -0.05) is 6.07 Å². The molecule has 1 aromatic heterocycles. The third kappa shape index (κ3) is 3.40. The van der Waals surface area contributed by atoms with Crippen molar-refractivity contribution in [3.63, 3.8) is 0 Å². The molecule has 5 heteroatoms. The second-order valence-electron chi connectivity index (χ2n) is 6.47. The number of carbonyl (C=O) groups excluding carboxylic acids is 1. The summed E-state index contributed by atoms with van der Waals surface area (Å²) in [5, 5.41) is 0. The number of pyridine rings is 1. The number of nitrogens with zero attached hydrogens (tertiary/aromatic N) is 3. The molecule has 0 radical (unpaired) electrons. The van der Waals surface area contributed by atoms with E-state index in [1.165, 1.54) is 0 Å². The van der Waals surface area contributed by atoms with Gasteiger partial charge in [0.25, 0.3) is 0 Å². The first-order chi connectivity index (χ1) is 10.6. The van der Waals surface area contributed by atoms with Gasteiger partial charge in [-0.3, -0.25) is 4.79 Å². The van der Waals surface area contributed by atoms with E-state index in [4.69, 9.17) is 4.74 Å². The summed E-state index contributed by atoms with van der Waals surface area (Å²) in [5.74, 6) is 1.33. The van der Waals surface area contributed by atoms with Crippen LogP contribution < -0.4 is 4.90 Å². The van der Waals surface area contributed by atoms with Gasteiger partial charge in [-0.05, 0) is 38.8 Å². The summed E-state index contributed by atoms with van der Waals surface area (Å²) in [7, 11) is 0. The number of hydrogen-bond donors (Lipinski definition) is 0. The first-order valence-corrected chi connectivity index (χ1v) is 8.23. The Labute approximate surface area is 132 Å². The minimum absolute atomic E-state index is 0.0771. The van der Waals surface area contributed by atoms with Crippen molar-refractivity contribution in [2.45, 2.75) is 38.9 Å². The highest BCUT2D eigenvalue weighted by Crippen LogP contribution is 2.24. The smallest absolute Gasteiger partial charge is 0.227 e. The topological polar surface area (TPSA) is 45.7 Å². The number of carbonyl (C=O) groups is 1. The normalized spacial score (nSPS) is 29.5. The minimum atomic E-state index is 0.0771. The Hall–Kier alpha value is -1.62. The van der Waals surface area contributed by atoms with Crippen molar-refractivity contribution >= 4 is 11.7 Å². The third-order valence-electron chi connectivity index (χ3n) is 4.48. The monoisotopic (exact) mass is 303 g/mol. The van der Waals surface area contributed by atoms with Gasteiger partial charge in [-0.2, -0.15) is 0 Å². The van der Waals surface area contributed by atoms with Crippen LogP contribution in [0.3, 0.4) is 0 Å². The molecule has 0 bridgehead atoms. The first-order valence-electron chi connectivity index (χ1n) is 8.23. The van der Waals surface area contributed by atoms with Crippen molar-refractivity contribution in [1.29, 1.82) is 0 Å². The van der Waals surface area contributed by atoms with E-state index >= 15 is 0 Å². The molecular weight excluding hydrogens is 278 g/mol. The van der Waals surface area contributed by atoms with Crippen molar-refractivity contribution in [3.8, 4) is 0 Å². The van der Waals surface area contributed by atoms with Crippen LogP contribution >= 0.6 is 0 Å². The fourth-order valence-electron chi connectivity index (χ4n) is 3.54. The van der Waals surface area contributed by atoms with Crippen LogP contribution in [0.25, 0.3) is 0 Å². The second-order valence-corrected chi connectivity index (χ2v) is 6.47. The lowest BCUT2D eigenvalue weighted by atomic mass is 9.96. The molecule has 0 spiro atoms. The predicted molar refractivity (Wildman–Crippen MR) is 85.8 cm³/mol. The Morgan fingerprint density at radius 1 is 1.23 bits per heavy atom. The maximum atomic E-state index is 12.8. The third-order valence-corrected chi connectivity index (χ3v) is 4.48. The first kappa shape index (κ1) is 15.3. The molecule has 1 amide bonds. The lowest BCUT2D eigenvalue weighted by Gasteiger charge is -2.39. The standard InChI is InChI=1S/C17H25N3O2/c1-13-10-20(11-14(2)22-13)17(21)15-6-5-9-19(12-15)16-7-3-4-8-18-16/h3-4,7-8,13-15H,5-6,9-12H2,1-2H3/t13-,14-,15+/m1/s1. The van der Waals surface area contributed by atoms with Crippen LogP contribution in [-0.2, 0) is 9.53 Å². The van der Waals surface area contributed by atoms with Crippen LogP contribution in [-0.4, -0.2) is 54.2 Å². The number of aromatic nitrogens is 1. The summed E-state index contributed by atoms with van der Waals surface area (Å²) in [6.45, 7) is 7.26. The van der Waals surface area contributed by atoms with Crippen molar-refractivity contribution < 1.29 is 9.53 Å². The number of morpholine rings is 1. The molecular formula is C17H25N3O2. The molecule has 3 heterocycles. The average Bonchev–Trinajstić information content (AvgIpc) is 2.54. The largest absolute Gasteiger partial charge is 0.372 e. The maximum Gasteiger partial charge on any atom is 0.227 e. The summed E-state index contributed by atoms with van der Waals surface area (Å²) in [6.07, 6.45) is 4.09. The summed E-state index contributed by atoms with van der Waals surface area (Å²) in [5.41, 5.74) is 0. The number of ether oxygens (including phenoxy) is 1. The Kier molecular flexibility index (Phi) is 4.62. The molecule has 2 saturated heterocycles. The van der Waals surface area contributed by atoms with Crippen LogP contribution in [0.5, 0.6) is 0 Å². The summed E-state index contributed by atoms with van der Waals surface area (Å²) in [6, 6.07) is 5.94. The predicted octanol–water partition coefficient (Wildman–Crippen LogP) is 1.93. The van der Waals surface area contributed by atoms with Crippen LogP contribution in [0.4, 0.5) is 5.82 Å². The fraction of sp³-hybridized carbons (Fsp3) is 0.647. The van der Waals surface area contributed by atoms with E-state index < -0.39 is 0 Å². The molecule has 0 saturated carbocycles. The van der Waals surface area contributed by atoms with Gasteiger partial charge >= 0.3 is 0 Å². The molecule has 1 aromatic rings. The molecule has 0 N–H and O–H groups in total. The van der Waals surface area contributed by atoms with E-state index in [1.807, 2.05) is 43.1 Å². The number of piperidine rings is 1. The van der Waals surface area contributed by atoms with E-state index in [-0.39, 0.29) is 24.0 Å². The van der Waals surface area contributed by atoms with Gasteiger partial charge in [-0.25, -0.2) is 4.98 Å². The molecule has 5 nitrogen and oxygen atoms in total. The van der Waals surface area contributed by atoms with Crippen molar-refractivity contribution in [2.75, 3.05) is 31.1 Å². The zero-order valence-electron chi connectivity index (χ0n) is 13.4. The van der Waals surface area contributed by atoms with Crippen molar-refractivity contribution in [2.24, 2.45) is 5.92 Å². The zero-order chi connectivity index (χ0) is 15.5. The van der Waals surface area contributed by atoms with Crippen molar-refractivity contribution in [1.82, 2.24) is 9.88 Å². The summed E-state index contributed by atoms with van der Waals surface area (Å²) < 4.78 is 5.73. The quantitative estimate of drug-likeness (QED) is 0.837. The highest BCUT2D eigenvalue weighted by Gasteiger charge is 2.33. The Balaban J connectivity index is 1.65. The average molecular weight is 303 g/mol. The van der Waals surface area contributed by atoms with Gasteiger partial charge < -0.3 is 14.5 Å². The zero-order valence-corrected chi connectivity index (χ0v) is 13.4. The van der Waals surface area contributed by atoms with E-state index in [0.29, 0.717) is 13.1 Å². The van der Waals surface area contributed by atoms with Gasteiger partial charge in [-0.15, -0.1) is 0 Å². The second kappa shape index (κ2) is 6.65. The molecule has 120 valence electrons. The molecule has 0 aliphatic carbocycles. The number of rotatable bonds is 2. The maximum absolute atomic E-state index is 12.8. The van der Waals surface area contributed by atoms with Gasteiger partial charge in [0.05, 0.1) is 18.1 Å². The van der Waals surface area contributed by atoms with Crippen LogP contribution in [0.1, 0.15) is 26.7 Å².